The van der Waals surface area contributed by atoms with Crippen LogP contribution in [0.1, 0.15) is 64.2 Å². The Morgan fingerprint density at radius 2 is 1.54 bits per heavy atom. The number of hydrogen-bond acceptors (Lipinski definition) is 4. The zero-order valence-electron chi connectivity index (χ0n) is 13.8. The van der Waals surface area contributed by atoms with Gasteiger partial charge in [0.25, 0.3) is 0 Å². The van der Waals surface area contributed by atoms with Gasteiger partial charge in [-0.2, -0.15) is 8.78 Å². The van der Waals surface area contributed by atoms with Crippen molar-refractivity contribution in [1.82, 2.24) is 0 Å². The highest BCUT2D eigenvalue weighted by Gasteiger charge is 2.55. The van der Waals surface area contributed by atoms with Gasteiger partial charge in [0.1, 0.15) is 0 Å². The highest BCUT2D eigenvalue weighted by atomic mass is 32.2. The monoisotopic (exact) mass is 364 g/mol. The summed E-state index contributed by atoms with van der Waals surface area (Å²) in [7, 11) is -3.71. The van der Waals surface area contributed by atoms with Crippen molar-refractivity contribution in [3.05, 3.63) is 0 Å². The van der Waals surface area contributed by atoms with Crippen LogP contribution in [-0.4, -0.2) is 26.2 Å². The summed E-state index contributed by atoms with van der Waals surface area (Å²) in [6, 6.07) is 0. The number of carbonyl (C=O) groups excluding carboxylic acids is 1. The number of alkyl halides is 2. The van der Waals surface area contributed by atoms with Crippen molar-refractivity contribution in [2.75, 3.05) is 6.61 Å². The molecule has 0 aliphatic heterocycles. The van der Waals surface area contributed by atoms with E-state index in [9.17, 15) is 22.0 Å². The Kier molecular flexibility index (Phi) is 5.19. The number of carbonyl (C=O) groups is 1. The summed E-state index contributed by atoms with van der Waals surface area (Å²) in [6.07, 6.45) is 7.08. The minimum Gasteiger partial charge on any atom is -0.465 e. The molecule has 4 aliphatic carbocycles. The summed E-state index contributed by atoms with van der Waals surface area (Å²) in [5.74, 6) is 1.95. The molecule has 7 heteroatoms. The minimum atomic E-state index is -3.71. The molecule has 0 aromatic carbocycles. The van der Waals surface area contributed by atoms with Gasteiger partial charge in [-0.3, -0.25) is 4.79 Å². The largest absolute Gasteiger partial charge is 0.465 e. The Morgan fingerprint density at radius 3 is 2.04 bits per heavy atom. The third-order valence-electron chi connectivity index (χ3n) is 6.09. The van der Waals surface area contributed by atoms with Crippen LogP contribution in [-0.2, 0) is 20.2 Å². The van der Waals surface area contributed by atoms with E-state index in [0.717, 1.165) is 19.3 Å². The van der Waals surface area contributed by atoms with Crippen LogP contribution in [0.15, 0.2) is 0 Å². The summed E-state index contributed by atoms with van der Waals surface area (Å²) in [4.78, 5) is 12.6. The first-order valence-electron chi connectivity index (χ1n) is 9.00. The van der Waals surface area contributed by atoms with Crippen molar-refractivity contribution in [1.29, 1.82) is 0 Å². The van der Waals surface area contributed by atoms with E-state index in [1.54, 1.807) is 0 Å². The van der Waals surface area contributed by atoms with E-state index in [-0.39, 0.29) is 24.4 Å². The molecule has 4 rings (SSSR count). The van der Waals surface area contributed by atoms with E-state index in [2.05, 4.69) is 0 Å². The van der Waals surface area contributed by atoms with E-state index in [1.807, 2.05) is 0 Å². The lowest BCUT2D eigenvalue weighted by atomic mass is 9.49. The molecule has 0 aromatic heterocycles. The number of thiol groups is 1. The number of hydrogen-bond donors (Lipinski definition) is 1. The molecule has 4 nitrogen and oxygen atoms in total. The summed E-state index contributed by atoms with van der Waals surface area (Å²) in [6.45, 7) is 0.246. The third kappa shape index (κ3) is 3.75. The van der Waals surface area contributed by atoms with E-state index in [1.165, 1.54) is 19.3 Å². The predicted molar refractivity (Wildman–Crippen MR) is 85.3 cm³/mol. The maximum Gasteiger partial charge on any atom is 0.343 e. The topological polar surface area (TPSA) is 60.4 Å². The van der Waals surface area contributed by atoms with E-state index < -0.39 is 22.4 Å². The van der Waals surface area contributed by atoms with Crippen LogP contribution >= 0.6 is 0 Å². The molecule has 4 saturated carbocycles. The zero-order valence-corrected chi connectivity index (χ0v) is 14.7. The van der Waals surface area contributed by atoms with Crippen LogP contribution in [0, 0.1) is 23.2 Å². The van der Waals surface area contributed by atoms with E-state index in [0.29, 0.717) is 30.6 Å². The average Bonchev–Trinajstić information content (AvgIpc) is 2.48. The van der Waals surface area contributed by atoms with Crippen LogP contribution in [0.5, 0.6) is 0 Å². The molecule has 4 aliphatic rings. The fraction of sp³-hybridized carbons (Fsp3) is 0.941. The van der Waals surface area contributed by atoms with Gasteiger partial charge < -0.3 is 4.74 Å². The maximum absolute atomic E-state index is 12.9. The van der Waals surface area contributed by atoms with Crippen molar-refractivity contribution in [2.45, 2.75) is 69.5 Å². The Labute approximate surface area is 143 Å². The first kappa shape index (κ1) is 18.1. The highest BCUT2D eigenvalue weighted by molar-refractivity contribution is 7.73. The number of halogens is 2. The first-order chi connectivity index (χ1) is 11.3. The fourth-order valence-corrected chi connectivity index (χ4v) is 5.73. The number of ether oxygens (including phenoxy) is 1. The van der Waals surface area contributed by atoms with Crippen LogP contribution in [0.2, 0.25) is 0 Å². The third-order valence-corrected chi connectivity index (χ3v) is 6.85. The summed E-state index contributed by atoms with van der Waals surface area (Å²) < 4.78 is 52.0. The second-order valence-electron chi connectivity index (χ2n) is 8.07. The average molecular weight is 364 g/mol. The quantitative estimate of drug-likeness (QED) is 0.407. The minimum absolute atomic E-state index is 0.0884. The van der Waals surface area contributed by atoms with Gasteiger partial charge in [0.15, 0.2) is 0 Å². The number of rotatable bonds is 8. The second-order valence-corrected chi connectivity index (χ2v) is 9.24. The predicted octanol–water partition coefficient (Wildman–Crippen LogP) is 3.51. The SMILES string of the molecule is O=C(OCCCCCC(F)(F)[SH](=O)=O)C12CC3CC(CC(C3)C1)C2. The molecular formula is C17H26F2O4S. The van der Waals surface area contributed by atoms with Crippen LogP contribution in [0.3, 0.4) is 0 Å². The van der Waals surface area contributed by atoms with Crippen molar-refractivity contribution < 1.29 is 26.7 Å². The molecule has 0 atom stereocenters. The van der Waals surface area contributed by atoms with Gasteiger partial charge >= 0.3 is 11.2 Å². The summed E-state index contributed by atoms with van der Waals surface area (Å²) >= 11 is 0. The zero-order chi connectivity index (χ0) is 17.4. The van der Waals surface area contributed by atoms with Crippen molar-refractivity contribution in [3.63, 3.8) is 0 Å². The normalized spacial score (nSPS) is 34.7. The van der Waals surface area contributed by atoms with Crippen LogP contribution in [0.25, 0.3) is 0 Å². The van der Waals surface area contributed by atoms with E-state index in [4.69, 9.17) is 4.74 Å². The smallest absolute Gasteiger partial charge is 0.343 e. The lowest BCUT2D eigenvalue weighted by Crippen LogP contribution is -2.50. The molecule has 0 radical (unpaired) electrons. The van der Waals surface area contributed by atoms with Crippen molar-refractivity contribution in [2.24, 2.45) is 23.2 Å². The molecule has 0 unspecified atom stereocenters. The first-order valence-corrected chi connectivity index (χ1v) is 10.2. The molecule has 0 saturated heterocycles. The molecule has 0 aromatic rings. The molecule has 4 fully saturated rings. The van der Waals surface area contributed by atoms with Gasteiger partial charge in [-0.25, -0.2) is 8.42 Å². The molecule has 0 N–H and O–H groups in total. The van der Waals surface area contributed by atoms with Gasteiger partial charge in [0.2, 0.25) is 10.7 Å². The Morgan fingerprint density at radius 1 is 1.00 bits per heavy atom. The van der Waals surface area contributed by atoms with Crippen LogP contribution < -0.4 is 0 Å². The van der Waals surface area contributed by atoms with Gasteiger partial charge in [-0.05, 0) is 75.5 Å². The standard InChI is InChI=1S/C17H26F2O4S/c18-17(19,24(21)22)4-2-1-3-5-23-15(20)16-9-12-6-13(10-16)8-14(7-12)11-16/h12-14,24H,1-11H2. The summed E-state index contributed by atoms with van der Waals surface area (Å²) in [5, 5.41) is -3.62. The Hall–Kier alpha value is -0.720. The molecule has 0 heterocycles. The lowest BCUT2D eigenvalue weighted by molar-refractivity contribution is -0.171. The van der Waals surface area contributed by atoms with Crippen molar-refractivity contribution >= 4 is 16.7 Å². The molecule has 24 heavy (non-hydrogen) atoms. The highest BCUT2D eigenvalue weighted by Crippen LogP contribution is 2.60. The van der Waals surface area contributed by atoms with E-state index >= 15 is 0 Å². The molecule has 0 amide bonds. The Bertz CT molecular complexity index is 516. The molecule has 138 valence electrons. The maximum atomic E-state index is 12.9. The second kappa shape index (κ2) is 6.89. The van der Waals surface area contributed by atoms with Gasteiger partial charge in [-0.15, -0.1) is 0 Å². The Balaban J connectivity index is 1.38. The fourth-order valence-electron chi connectivity index (χ4n) is 5.39. The number of unbranched alkanes of at least 4 members (excludes halogenated alkanes) is 2. The molecular weight excluding hydrogens is 338 g/mol. The number of esters is 1. The molecule has 4 bridgehead atoms. The van der Waals surface area contributed by atoms with Gasteiger partial charge in [-0.1, -0.05) is 0 Å². The van der Waals surface area contributed by atoms with Gasteiger partial charge in [0, 0.05) is 6.42 Å². The van der Waals surface area contributed by atoms with Crippen LogP contribution in [0.4, 0.5) is 8.78 Å². The molecule has 0 spiro atoms. The lowest BCUT2D eigenvalue weighted by Gasteiger charge is -2.55. The summed E-state index contributed by atoms with van der Waals surface area (Å²) in [5.41, 5.74) is -0.275. The van der Waals surface area contributed by atoms with Gasteiger partial charge in [0.05, 0.1) is 12.0 Å². The van der Waals surface area contributed by atoms with Crippen molar-refractivity contribution in [3.8, 4) is 0 Å².